The van der Waals surface area contributed by atoms with Crippen molar-refractivity contribution in [2.45, 2.75) is 39.4 Å². The molecule has 0 aliphatic rings. The summed E-state index contributed by atoms with van der Waals surface area (Å²) in [6.07, 6.45) is 1.62. The summed E-state index contributed by atoms with van der Waals surface area (Å²) in [5, 5.41) is 9.96. The third-order valence-corrected chi connectivity index (χ3v) is 3.07. The molecule has 1 N–H and O–H groups in total. The molecule has 20 heavy (non-hydrogen) atoms. The largest absolute Gasteiger partial charge is 0.389 e. The predicted octanol–water partition coefficient (Wildman–Crippen LogP) is 2.83. The molecule has 0 bridgehead atoms. The van der Waals surface area contributed by atoms with Crippen LogP contribution in [0.25, 0.3) is 0 Å². The standard InChI is InChI=1S/C16H26FNO2/c1-3-9-18(10-4-2)11-15(19)13-20-12-14-7-5-6-8-16(14)17/h5-8,15,19H,3-4,9-13H2,1-2H3. The van der Waals surface area contributed by atoms with Crippen molar-refractivity contribution in [1.29, 1.82) is 0 Å². The summed E-state index contributed by atoms with van der Waals surface area (Å²) in [6.45, 7) is 7.27. The minimum atomic E-state index is -0.528. The molecule has 4 heteroatoms. The zero-order valence-corrected chi connectivity index (χ0v) is 12.5. The van der Waals surface area contributed by atoms with Gasteiger partial charge in [-0.2, -0.15) is 0 Å². The van der Waals surface area contributed by atoms with Gasteiger partial charge < -0.3 is 14.7 Å². The van der Waals surface area contributed by atoms with Crippen LogP contribution in [-0.4, -0.2) is 42.4 Å². The number of rotatable bonds is 10. The van der Waals surface area contributed by atoms with Crippen molar-refractivity contribution >= 4 is 0 Å². The van der Waals surface area contributed by atoms with E-state index in [1.807, 2.05) is 0 Å². The lowest BCUT2D eigenvalue weighted by Gasteiger charge is -2.24. The van der Waals surface area contributed by atoms with E-state index in [2.05, 4.69) is 18.7 Å². The van der Waals surface area contributed by atoms with E-state index in [0.29, 0.717) is 12.1 Å². The monoisotopic (exact) mass is 283 g/mol. The van der Waals surface area contributed by atoms with Crippen LogP contribution in [0.5, 0.6) is 0 Å². The number of halogens is 1. The van der Waals surface area contributed by atoms with E-state index in [0.717, 1.165) is 25.9 Å². The first-order chi connectivity index (χ1) is 9.67. The average Bonchev–Trinajstić information content (AvgIpc) is 2.41. The molecule has 0 spiro atoms. The summed E-state index contributed by atoms with van der Waals surface area (Å²) in [6, 6.07) is 6.55. The summed E-state index contributed by atoms with van der Waals surface area (Å²) < 4.78 is 18.8. The lowest BCUT2D eigenvalue weighted by atomic mass is 10.2. The Kier molecular flexibility index (Phi) is 8.42. The summed E-state index contributed by atoms with van der Waals surface area (Å²) in [4.78, 5) is 2.23. The Morgan fingerprint density at radius 1 is 1.20 bits per heavy atom. The molecule has 0 saturated heterocycles. The average molecular weight is 283 g/mol. The van der Waals surface area contributed by atoms with Gasteiger partial charge >= 0.3 is 0 Å². The van der Waals surface area contributed by atoms with Gasteiger partial charge in [0.25, 0.3) is 0 Å². The molecule has 0 heterocycles. The van der Waals surface area contributed by atoms with Crippen molar-refractivity contribution in [2.75, 3.05) is 26.2 Å². The molecule has 0 aliphatic carbocycles. The van der Waals surface area contributed by atoms with Gasteiger partial charge in [0, 0.05) is 12.1 Å². The van der Waals surface area contributed by atoms with Gasteiger partial charge in [-0.3, -0.25) is 0 Å². The molecule has 3 nitrogen and oxygen atoms in total. The first-order valence-corrected chi connectivity index (χ1v) is 7.38. The normalized spacial score (nSPS) is 12.8. The van der Waals surface area contributed by atoms with Crippen molar-refractivity contribution in [2.24, 2.45) is 0 Å². The van der Waals surface area contributed by atoms with E-state index in [-0.39, 0.29) is 19.0 Å². The minimum absolute atomic E-state index is 0.200. The smallest absolute Gasteiger partial charge is 0.128 e. The summed E-state index contributed by atoms with van der Waals surface area (Å²) in [7, 11) is 0. The number of aliphatic hydroxyl groups is 1. The Morgan fingerprint density at radius 3 is 2.45 bits per heavy atom. The van der Waals surface area contributed by atoms with Crippen LogP contribution in [0.2, 0.25) is 0 Å². The Hall–Kier alpha value is -0.970. The SMILES string of the molecule is CCCN(CCC)CC(O)COCc1ccccc1F. The van der Waals surface area contributed by atoms with Gasteiger partial charge in [0.05, 0.1) is 19.3 Å². The molecule has 1 unspecified atom stereocenters. The molecular formula is C16H26FNO2. The summed E-state index contributed by atoms with van der Waals surface area (Å²) >= 11 is 0. The first kappa shape index (κ1) is 17.1. The molecule has 0 aromatic heterocycles. The van der Waals surface area contributed by atoms with Gasteiger partial charge in [0.2, 0.25) is 0 Å². The van der Waals surface area contributed by atoms with Gasteiger partial charge in [0.15, 0.2) is 0 Å². The molecule has 0 aliphatic heterocycles. The fourth-order valence-electron chi connectivity index (χ4n) is 2.20. The van der Waals surface area contributed by atoms with E-state index < -0.39 is 6.10 Å². The van der Waals surface area contributed by atoms with Crippen molar-refractivity contribution in [3.05, 3.63) is 35.6 Å². The highest BCUT2D eigenvalue weighted by atomic mass is 19.1. The fraction of sp³-hybridized carbons (Fsp3) is 0.625. The van der Waals surface area contributed by atoms with E-state index >= 15 is 0 Å². The molecule has 0 fully saturated rings. The number of hydrogen-bond donors (Lipinski definition) is 1. The second-order valence-corrected chi connectivity index (χ2v) is 5.06. The van der Waals surface area contributed by atoms with Crippen LogP contribution in [0, 0.1) is 5.82 Å². The molecule has 1 atom stereocenters. The molecule has 0 radical (unpaired) electrons. The maximum absolute atomic E-state index is 13.4. The number of aliphatic hydroxyl groups excluding tert-OH is 1. The molecule has 114 valence electrons. The number of benzene rings is 1. The highest BCUT2D eigenvalue weighted by Gasteiger charge is 2.11. The fourth-order valence-corrected chi connectivity index (χ4v) is 2.20. The van der Waals surface area contributed by atoms with Crippen molar-refractivity contribution < 1.29 is 14.2 Å². The maximum atomic E-state index is 13.4. The Balaban J connectivity index is 2.28. The predicted molar refractivity (Wildman–Crippen MR) is 79.1 cm³/mol. The third kappa shape index (κ3) is 6.46. The first-order valence-electron chi connectivity index (χ1n) is 7.38. The zero-order chi connectivity index (χ0) is 14.8. The number of hydrogen-bond acceptors (Lipinski definition) is 3. The van der Waals surface area contributed by atoms with Crippen LogP contribution >= 0.6 is 0 Å². The maximum Gasteiger partial charge on any atom is 0.128 e. The lowest BCUT2D eigenvalue weighted by molar-refractivity contribution is 0.00914. The zero-order valence-electron chi connectivity index (χ0n) is 12.5. The van der Waals surface area contributed by atoms with Crippen LogP contribution < -0.4 is 0 Å². The van der Waals surface area contributed by atoms with Crippen molar-refractivity contribution in [1.82, 2.24) is 4.90 Å². The topological polar surface area (TPSA) is 32.7 Å². The van der Waals surface area contributed by atoms with Crippen LogP contribution in [0.3, 0.4) is 0 Å². The van der Waals surface area contributed by atoms with Gasteiger partial charge in [0.1, 0.15) is 5.82 Å². The number of nitrogens with zero attached hydrogens (tertiary/aromatic N) is 1. The molecule has 1 aromatic rings. The Morgan fingerprint density at radius 2 is 1.85 bits per heavy atom. The van der Waals surface area contributed by atoms with Gasteiger partial charge in [-0.15, -0.1) is 0 Å². The number of ether oxygens (including phenoxy) is 1. The molecule has 0 amide bonds. The van der Waals surface area contributed by atoms with Crippen LogP contribution in [0.4, 0.5) is 4.39 Å². The van der Waals surface area contributed by atoms with E-state index in [1.54, 1.807) is 18.2 Å². The lowest BCUT2D eigenvalue weighted by Crippen LogP contribution is -2.36. The van der Waals surface area contributed by atoms with E-state index in [9.17, 15) is 9.50 Å². The van der Waals surface area contributed by atoms with Crippen LogP contribution in [-0.2, 0) is 11.3 Å². The van der Waals surface area contributed by atoms with Crippen LogP contribution in [0.15, 0.2) is 24.3 Å². The second kappa shape index (κ2) is 9.86. The molecule has 0 saturated carbocycles. The third-order valence-electron chi connectivity index (χ3n) is 3.07. The van der Waals surface area contributed by atoms with Gasteiger partial charge in [-0.1, -0.05) is 32.0 Å². The Labute approximate surface area is 121 Å². The van der Waals surface area contributed by atoms with Crippen molar-refractivity contribution in [3.8, 4) is 0 Å². The van der Waals surface area contributed by atoms with Gasteiger partial charge in [-0.05, 0) is 32.0 Å². The highest BCUT2D eigenvalue weighted by molar-refractivity contribution is 5.16. The van der Waals surface area contributed by atoms with E-state index in [4.69, 9.17) is 4.74 Å². The Bertz CT molecular complexity index is 367. The van der Waals surface area contributed by atoms with E-state index in [1.165, 1.54) is 6.07 Å². The quantitative estimate of drug-likeness (QED) is 0.716. The summed E-state index contributed by atoms with van der Waals surface area (Å²) in [5.41, 5.74) is 0.527. The second-order valence-electron chi connectivity index (χ2n) is 5.06. The minimum Gasteiger partial charge on any atom is -0.389 e. The van der Waals surface area contributed by atoms with Crippen LogP contribution in [0.1, 0.15) is 32.3 Å². The van der Waals surface area contributed by atoms with Crippen molar-refractivity contribution in [3.63, 3.8) is 0 Å². The summed E-state index contributed by atoms with van der Waals surface area (Å²) in [5.74, 6) is -0.263. The molecular weight excluding hydrogens is 257 g/mol. The highest BCUT2D eigenvalue weighted by Crippen LogP contribution is 2.08. The molecule has 1 rings (SSSR count). The molecule has 1 aromatic carbocycles. The van der Waals surface area contributed by atoms with Gasteiger partial charge in [-0.25, -0.2) is 4.39 Å².